The lowest BCUT2D eigenvalue weighted by Crippen LogP contribution is -2.51. The third-order valence-electron chi connectivity index (χ3n) is 11.2. The summed E-state index contributed by atoms with van der Waals surface area (Å²) < 4.78 is 16.6. The molecule has 0 aliphatic carbocycles. The van der Waals surface area contributed by atoms with E-state index in [0.29, 0.717) is 63.8 Å². The van der Waals surface area contributed by atoms with Crippen molar-refractivity contribution in [3.05, 3.63) is 71.8 Å². The van der Waals surface area contributed by atoms with Gasteiger partial charge in [-0.1, -0.05) is 60.7 Å². The minimum absolute atomic E-state index is 0.0299. The number of benzene rings is 2. The predicted molar refractivity (Wildman–Crippen MR) is 237 cm³/mol. The summed E-state index contributed by atoms with van der Waals surface area (Å²) in [6.45, 7) is 13.5. The van der Waals surface area contributed by atoms with Crippen molar-refractivity contribution in [2.75, 3.05) is 39.3 Å². The summed E-state index contributed by atoms with van der Waals surface area (Å²) in [6.07, 6.45) is 6.47. The standard InChI is InChI=1S/C48H71N5O9/c1-47(2,3)61-45(58)52-28-23-36(24-29-52)19-21-39(22-20-37-25-30-53(31-26-37)46(59)62-48(4,5)6)43(56)50-33-41(54)51-40(32-42(55)60-34-38-16-11-8-12-17-38)44(57)49-27-13-18-35-14-9-7-10-15-35/h7-12,14-17,36-37,39-40H,13,18-34H2,1-6H3,(H,49,57)(H,50,56)(H,51,54). The fraction of sp³-hybridized carbons (Fsp3) is 0.625. The molecule has 342 valence electrons. The molecule has 0 bridgehead atoms. The van der Waals surface area contributed by atoms with Crippen molar-refractivity contribution >= 4 is 35.9 Å². The molecular weight excluding hydrogens is 791 g/mol. The number of ether oxygens (including phenoxy) is 3. The monoisotopic (exact) mass is 862 g/mol. The minimum atomic E-state index is -1.20. The van der Waals surface area contributed by atoms with Gasteiger partial charge >= 0.3 is 18.2 Å². The summed E-state index contributed by atoms with van der Waals surface area (Å²) in [4.78, 5) is 82.3. The molecular formula is C48H71N5O9. The topological polar surface area (TPSA) is 173 Å². The van der Waals surface area contributed by atoms with Crippen LogP contribution in [0.15, 0.2) is 60.7 Å². The first-order chi connectivity index (χ1) is 29.4. The lowest BCUT2D eigenvalue weighted by Gasteiger charge is -2.34. The van der Waals surface area contributed by atoms with Gasteiger partial charge in [0, 0.05) is 38.6 Å². The van der Waals surface area contributed by atoms with Crippen molar-refractivity contribution in [3.63, 3.8) is 0 Å². The van der Waals surface area contributed by atoms with E-state index in [1.807, 2.05) is 102 Å². The maximum absolute atomic E-state index is 13.9. The summed E-state index contributed by atoms with van der Waals surface area (Å²) in [5, 5.41) is 8.34. The normalized spacial score (nSPS) is 15.7. The number of hydrogen-bond acceptors (Lipinski definition) is 9. The third kappa shape index (κ3) is 18.9. The van der Waals surface area contributed by atoms with Crippen LogP contribution in [0.2, 0.25) is 0 Å². The van der Waals surface area contributed by atoms with Crippen molar-refractivity contribution in [2.24, 2.45) is 17.8 Å². The largest absolute Gasteiger partial charge is 0.461 e. The number of piperidine rings is 2. The Labute approximate surface area is 368 Å². The van der Waals surface area contributed by atoms with E-state index in [0.717, 1.165) is 56.1 Å². The molecule has 14 nitrogen and oxygen atoms in total. The first kappa shape index (κ1) is 49.5. The van der Waals surface area contributed by atoms with Gasteiger partial charge in [0.15, 0.2) is 0 Å². The van der Waals surface area contributed by atoms with E-state index in [1.165, 1.54) is 0 Å². The van der Waals surface area contributed by atoms with Crippen molar-refractivity contribution in [1.29, 1.82) is 0 Å². The summed E-state index contributed by atoms with van der Waals surface area (Å²) in [5.41, 5.74) is 0.795. The molecule has 0 radical (unpaired) electrons. The van der Waals surface area contributed by atoms with Gasteiger partial charge in [-0.15, -0.1) is 0 Å². The number of aryl methyl sites for hydroxylation is 1. The number of carbonyl (C=O) groups excluding carboxylic acids is 6. The molecule has 2 aliphatic rings. The fourth-order valence-electron chi connectivity index (χ4n) is 7.74. The van der Waals surface area contributed by atoms with Crippen LogP contribution in [-0.2, 0) is 46.4 Å². The average molecular weight is 862 g/mol. The number of hydrogen-bond donors (Lipinski definition) is 3. The van der Waals surface area contributed by atoms with Gasteiger partial charge in [0.25, 0.3) is 0 Å². The highest BCUT2D eigenvalue weighted by Crippen LogP contribution is 2.30. The molecule has 2 aliphatic heterocycles. The number of rotatable bonds is 19. The molecule has 2 aromatic rings. The molecule has 2 aromatic carbocycles. The molecule has 14 heteroatoms. The quantitative estimate of drug-likeness (QED) is 0.0769. The number of nitrogens with one attached hydrogen (secondary N) is 3. The molecule has 0 spiro atoms. The van der Waals surface area contributed by atoms with Gasteiger partial charge < -0.3 is 40.0 Å². The Morgan fingerprint density at radius 2 is 1.15 bits per heavy atom. The molecule has 3 N–H and O–H groups in total. The van der Waals surface area contributed by atoms with Crippen LogP contribution in [0.4, 0.5) is 9.59 Å². The first-order valence-corrected chi connectivity index (χ1v) is 22.5. The SMILES string of the molecule is CC(C)(C)OC(=O)N1CCC(CCC(CCC2CCN(C(=O)OC(C)(C)C)CC2)C(=O)NCC(=O)NC(CC(=O)OCc2ccccc2)C(=O)NCCCc2ccccc2)CC1. The van der Waals surface area contributed by atoms with Gasteiger partial charge in [-0.3, -0.25) is 19.2 Å². The van der Waals surface area contributed by atoms with E-state index in [2.05, 4.69) is 16.0 Å². The maximum Gasteiger partial charge on any atom is 0.410 e. The molecule has 62 heavy (non-hydrogen) atoms. The van der Waals surface area contributed by atoms with Crippen LogP contribution < -0.4 is 16.0 Å². The Morgan fingerprint density at radius 3 is 1.63 bits per heavy atom. The van der Waals surface area contributed by atoms with Gasteiger partial charge in [0.2, 0.25) is 17.7 Å². The zero-order valence-electron chi connectivity index (χ0n) is 37.9. The highest BCUT2D eigenvalue weighted by Gasteiger charge is 2.31. The van der Waals surface area contributed by atoms with Crippen LogP contribution in [0.5, 0.6) is 0 Å². The highest BCUT2D eigenvalue weighted by atomic mass is 16.6. The number of carbonyl (C=O) groups is 6. The van der Waals surface area contributed by atoms with E-state index in [9.17, 15) is 28.8 Å². The Hall–Kier alpha value is -5.14. The Balaban J connectivity index is 1.33. The lowest BCUT2D eigenvalue weighted by molar-refractivity contribution is -0.147. The van der Waals surface area contributed by atoms with Gasteiger partial charge in [0.05, 0.1) is 13.0 Å². The van der Waals surface area contributed by atoms with Crippen LogP contribution in [-0.4, -0.2) is 102 Å². The molecule has 1 unspecified atom stereocenters. The van der Waals surface area contributed by atoms with Crippen LogP contribution in [0.3, 0.4) is 0 Å². The maximum atomic E-state index is 13.9. The van der Waals surface area contributed by atoms with E-state index in [-0.39, 0.29) is 43.6 Å². The van der Waals surface area contributed by atoms with Gasteiger partial charge in [-0.05, 0) is 129 Å². The predicted octanol–water partition coefficient (Wildman–Crippen LogP) is 6.94. The van der Waals surface area contributed by atoms with Crippen LogP contribution in [0.1, 0.15) is 117 Å². The Morgan fingerprint density at radius 1 is 0.661 bits per heavy atom. The van der Waals surface area contributed by atoms with E-state index in [4.69, 9.17) is 14.2 Å². The molecule has 0 aromatic heterocycles. The zero-order valence-corrected chi connectivity index (χ0v) is 37.9. The number of amides is 5. The minimum Gasteiger partial charge on any atom is -0.461 e. The molecule has 0 saturated carbocycles. The number of nitrogens with zero attached hydrogens (tertiary/aromatic N) is 2. The van der Waals surface area contributed by atoms with Crippen LogP contribution in [0.25, 0.3) is 0 Å². The molecule has 1 atom stereocenters. The van der Waals surface area contributed by atoms with Crippen LogP contribution in [0, 0.1) is 17.8 Å². The molecule has 2 heterocycles. The number of esters is 1. The summed E-state index contributed by atoms with van der Waals surface area (Å²) in [7, 11) is 0. The molecule has 5 amide bonds. The van der Waals surface area contributed by atoms with Crippen molar-refractivity contribution in [2.45, 2.75) is 136 Å². The molecule has 2 fully saturated rings. The Kier molecular flexibility index (Phi) is 19.6. The van der Waals surface area contributed by atoms with E-state index < -0.39 is 35.0 Å². The average Bonchev–Trinajstić information content (AvgIpc) is 3.23. The summed E-state index contributed by atoms with van der Waals surface area (Å²) in [5.74, 6) is -1.70. The summed E-state index contributed by atoms with van der Waals surface area (Å²) >= 11 is 0. The third-order valence-corrected chi connectivity index (χ3v) is 11.2. The smallest absolute Gasteiger partial charge is 0.410 e. The van der Waals surface area contributed by atoms with Crippen molar-refractivity contribution in [1.82, 2.24) is 25.8 Å². The van der Waals surface area contributed by atoms with Crippen molar-refractivity contribution in [3.8, 4) is 0 Å². The second-order valence-corrected chi connectivity index (χ2v) is 18.7. The second kappa shape index (κ2) is 24.5. The van der Waals surface area contributed by atoms with Gasteiger partial charge in [-0.2, -0.15) is 0 Å². The Bertz CT molecular complexity index is 1680. The van der Waals surface area contributed by atoms with E-state index in [1.54, 1.807) is 9.80 Å². The zero-order chi connectivity index (χ0) is 45.1. The molecule has 2 saturated heterocycles. The highest BCUT2D eigenvalue weighted by molar-refractivity contribution is 5.92. The van der Waals surface area contributed by atoms with Gasteiger partial charge in [0.1, 0.15) is 23.9 Å². The first-order valence-electron chi connectivity index (χ1n) is 22.5. The number of likely N-dealkylation sites (tertiary alicyclic amines) is 2. The summed E-state index contributed by atoms with van der Waals surface area (Å²) in [6, 6.07) is 17.9. The van der Waals surface area contributed by atoms with E-state index >= 15 is 0 Å². The van der Waals surface area contributed by atoms with Crippen LogP contribution >= 0.6 is 0 Å². The van der Waals surface area contributed by atoms with Crippen molar-refractivity contribution < 1.29 is 43.0 Å². The lowest BCUT2D eigenvalue weighted by atomic mass is 9.84. The fourth-order valence-corrected chi connectivity index (χ4v) is 7.74. The second-order valence-electron chi connectivity index (χ2n) is 18.7. The molecule has 4 rings (SSSR count). The van der Waals surface area contributed by atoms with Gasteiger partial charge in [-0.25, -0.2) is 9.59 Å².